The molecule has 3 atom stereocenters. The van der Waals surface area contributed by atoms with Crippen LogP contribution in [-0.2, 0) is 38.0 Å². The number of hydrogen-bond donors (Lipinski definition) is 2. The molecule has 1 amide bonds. The number of amides is 1. The average molecular weight is 522 g/mol. The van der Waals surface area contributed by atoms with Crippen molar-refractivity contribution in [3.8, 4) is 5.75 Å². The molecule has 0 aliphatic rings. The number of aliphatic hydroxyl groups is 1. The first-order chi connectivity index (χ1) is 15.8. The highest BCUT2D eigenvalue weighted by Gasteiger charge is 2.44. The molecule has 0 radical (unpaired) electrons. The van der Waals surface area contributed by atoms with E-state index in [0.717, 1.165) is 0 Å². The van der Waals surface area contributed by atoms with Crippen molar-refractivity contribution < 1.29 is 45.9 Å². The zero-order valence-electron chi connectivity index (χ0n) is 19.6. The topological polar surface area (TPSA) is 162 Å². The Morgan fingerprint density at radius 2 is 1.79 bits per heavy atom. The Morgan fingerprint density at radius 3 is 2.35 bits per heavy atom. The van der Waals surface area contributed by atoms with E-state index >= 15 is 0 Å². The SMILES string of the molecule is CCC(OS(=O)(=O)CCCNC(C)=O)C(C)(C)[C@@H](O)C(=O)OC(=O)C[PH](=O)Oc1ccccc1. The molecule has 0 bridgehead atoms. The van der Waals surface area contributed by atoms with Crippen LogP contribution in [0.1, 0.15) is 40.5 Å². The van der Waals surface area contributed by atoms with Crippen LogP contribution in [0.4, 0.5) is 0 Å². The smallest absolute Gasteiger partial charge is 0.343 e. The summed E-state index contributed by atoms with van der Waals surface area (Å²) in [5, 5.41) is 13.0. The Morgan fingerprint density at radius 1 is 1.18 bits per heavy atom. The van der Waals surface area contributed by atoms with Crippen molar-refractivity contribution in [2.75, 3.05) is 18.5 Å². The molecule has 34 heavy (non-hydrogen) atoms. The van der Waals surface area contributed by atoms with Crippen molar-refractivity contribution in [3.63, 3.8) is 0 Å². The zero-order chi connectivity index (χ0) is 25.9. The highest BCUT2D eigenvalue weighted by molar-refractivity contribution is 7.86. The van der Waals surface area contributed by atoms with Gasteiger partial charge < -0.3 is 19.7 Å². The third-order valence-corrected chi connectivity index (χ3v) is 7.17. The fraction of sp³-hybridized carbons (Fsp3) is 0.571. The van der Waals surface area contributed by atoms with Crippen LogP contribution >= 0.6 is 8.03 Å². The van der Waals surface area contributed by atoms with E-state index in [9.17, 15) is 32.5 Å². The van der Waals surface area contributed by atoms with E-state index in [1.807, 2.05) is 0 Å². The van der Waals surface area contributed by atoms with E-state index in [0.29, 0.717) is 0 Å². The van der Waals surface area contributed by atoms with E-state index in [1.165, 1.54) is 20.8 Å². The quantitative estimate of drug-likeness (QED) is 0.121. The molecular formula is C21H32NO10PS. The van der Waals surface area contributed by atoms with Crippen molar-refractivity contribution in [1.29, 1.82) is 0 Å². The number of benzene rings is 1. The molecule has 192 valence electrons. The number of aliphatic hydroxyl groups excluding tert-OH is 1. The average Bonchev–Trinajstić information content (AvgIpc) is 2.74. The number of rotatable bonds is 14. The molecule has 1 rings (SSSR count). The van der Waals surface area contributed by atoms with Gasteiger partial charge >= 0.3 is 11.9 Å². The molecule has 0 fully saturated rings. The highest BCUT2D eigenvalue weighted by Crippen LogP contribution is 2.32. The molecule has 0 spiro atoms. The van der Waals surface area contributed by atoms with Crippen molar-refractivity contribution in [2.45, 2.75) is 52.7 Å². The largest absolute Gasteiger partial charge is 0.444 e. The summed E-state index contributed by atoms with van der Waals surface area (Å²) < 4.78 is 51.5. The summed E-state index contributed by atoms with van der Waals surface area (Å²) in [5.41, 5.74) is -1.46. The lowest BCUT2D eigenvalue weighted by molar-refractivity contribution is -0.172. The highest BCUT2D eigenvalue weighted by atomic mass is 32.2. The van der Waals surface area contributed by atoms with Gasteiger partial charge in [-0.15, -0.1) is 0 Å². The number of ether oxygens (including phenoxy) is 1. The first-order valence-corrected chi connectivity index (χ1v) is 13.7. The first kappa shape index (κ1) is 29.8. The van der Waals surface area contributed by atoms with Crippen molar-refractivity contribution in [3.05, 3.63) is 30.3 Å². The van der Waals surface area contributed by atoms with Gasteiger partial charge in [0.25, 0.3) is 10.1 Å². The maximum absolute atomic E-state index is 12.3. The van der Waals surface area contributed by atoms with Crippen LogP contribution in [-0.4, -0.2) is 62.0 Å². The van der Waals surface area contributed by atoms with Gasteiger partial charge in [0.2, 0.25) is 13.9 Å². The van der Waals surface area contributed by atoms with Gasteiger partial charge in [0.15, 0.2) is 6.10 Å². The second kappa shape index (κ2) is 13.6. The van der Waals surface area contributed by atoms with Crippen molar-refractivity contribution in [1.82, 2.24) is 5.32 Å². The lowest BCUT2D eigenvalue weighted by Crippen LogP contribution is -2.48. The fourth-order valence-corrected chi connectivity index (χ4v) is 5.03. The monoisotopic (exact) mass is 521 g/mol. The van der Waals surface area contributed by atoms with Gasteiger partial charge in [-0.25, -0.2) is 4.79 Å². The number of nitrogens with one attached hydrogen (secondary N) is 1. The van der Waals surface area contributed by atoms with Crippen molar-refractivity contribution >= 4 is 36.0 Å². The summed E-state index contributed by atoms with van der Waals surface area (Å²) in [6.07, 6.45) is -3.48. The third kappa shape index (κ3) is 10.3. The van der Waals surface area contributed by atoms with E-state index in [-0.39, 0.29) is 36.8 Å². The van der Waals surface area contributed by atoms with Gasteiger partial charge in [-0.2, -0.15) is 8.42 Å². The molecule has 1 aromatic rings. The minimum Gasteiger partial charge on any atom is -0.444 e. The Labute approximate surface area is 200 Å². The maximum Gasteiger partial charge on any atom is 0.343 e. The van der Waals surface area contributed by atoms with Crippen LogP contribution in [0.5, 0.6) is 5.75 Å². The Bertz CT molecular complexity index is 965. The zero-order valence-corrected chi connectivity index (χ0v) is 21.4. The summed E-state index contributed by atoms with van der Waals surface area (Å²) in [6.45, 7) is 5.85. The van der Waals surface area contributed by atoms with Crippen LogP contribution in [0.15, 0.2) is 30.3 Å². The summed E-state index contributed by atoms with van der Waals surface area (Å²) in [4.78, 5) is 35.2. The van der Waals surface area contributed by atoms with Crippen LogP contribution in [0, 0.1) is 5.41 Å². The van der Waals surface area contributed by atoms with E-state index < -0.39 is 53.9 Å². The summed E-state index contributed by atoms with van der Waals surface area (Å²) >= 11 is 0. The number of carbonyl (C=O) groups is 3. The van der Waals surface area contributed by atoms with Crippen LogP contribution < -0.4 is 9.84 Å². The molecule has 1 aromatic carbocycles. The number of hydrogen-bond acceptors (Lipinski definition) is 10. The van der Waals surface area contributed by atoms with Crippen LogP contribution in [0.2, 0.25) is 0 Å². The number of esters is 2. The van der Waals surface area contributed by atoms with Gasteiger partial charge in [-0.3, -0.25) is 18.3 Å². The van der Waals surface area contributed by atoms with Gasteiger partial charge in [0.05, 0.1) is 11.9 Å². The standard InChI is InChI=1S/C21H32NO10PS/c1-5-17(32-34(28,29)13-9-12-22-15(2)23)21(3,4)19(25)20(26)30-18(24)14-33(27)31-16-10-7-6-8-11-16/h6-8,10-11,17,19,25,33H,5,9,12-14H2,1-4H3,(H,22,23)/t17?,19-/m0/s1. The number of carbonyl (C=O) groups excluding carboxylic acids is 3. The molecule has 0 aliphatic carbocycles. The first-order valence-electron chi connectivity index (χ1n) is 10.6. The maximum atomic E-state index is 12.3. The second-order valence-electron chi connectivity index (χ2n) is 8.07. The summed E-state index contributed by atoms with van der Waals surface area (Å²) in [6, 6.07) is 8.12. The van der Waals surface area contributed by atoms with E-state index in [2.05, 4.69) is 10.1 Å². The lowest BCUT2D eigenvalue weighted by Gasteiger charge is -2.35. The lowest BCUT2D eigenvalue weighted by atomic mass is 9.79. The fourth-order valence-electron chi connectivity index (χ4n) is 2.91. The molecule has 11 nitrogen and oxygen atoms in total. The molecule has 2 N–H and O–H groups in total. The predicted molar refractivity (Wildman–Crippen MR) is 124 cm³/mol. The summed E-state index contributed by atoms with van der Waals surface area (Å²) in [5.74, 6) is -2.87. The Kier molecular flexibility index (Phi) is 11.9. The normalized spacial score (nSPS) is 14.5. The van der Waals surface area contributed by atoms with Gasteiger partial charge in [-0.1, -0.05) is 39.0 Å². The third-order valence-electron chi connectivity index (χ3n) is 4.81. The second-order valence-corrected chi connectivity index (χ2v) is 11.1. The predicted octanol–water partition coefficient (Wildman–Crippen LogP) is 1.65. The van der Waals surface area contributed by atoms with Crippen molar-refractivity contribution in [2.24, 2.45) is 5.41 Å². The van der Waals surface area contributed by atoms with Crippen LogP contribution in [0.25, 0.3) is 0 Å². The number of para-hydroxylation sites is 1. The molecule has 0 saturated carbocycles. The molecule has 0 aliphatic heterocycles. The minimum atomic E-state index is -4.04. The Balaban J connectivity index is 2.68. The minimum absolute atomic E-state index is 0.113. The van der Waals surface area contributed by atoms with E-state index in [4.69, 9.17) is 8.71 Å². The van der Waals surface area contributed by atoms with Gasteiger partial charge in [0.1, 0.15) is 11.9 Å². The van der Waals surface area contributed by atoms with Gasteiger partial charge in [0, 0.05) is 18.9 Å². The van der Waals surface area contributed by atoms with Gasteiger partial charge in [-0.05, 0) is 25.0 Å². The summed E-state index contributed by atoms with van der Waals surface area (Å²) in [7, 11) is -6.93. The van der Waals surface area contributed by atoms with Crippen LogP contribution in [0.3, 0.4) is 0 Å². The molecule has 2 unspecified atom stereocenters. The molecule has 0 aromatic heterocycles. The molecule has 0 saturated heterocycles. The molecular weight excluding hydrogens is 489 g/mol. The Hall–Kier alpha value is -2.27. The molecule has 0 heterocycles. The molecule has 13 heteroatoms. The van der Waals surface area contributed by atoms with E-state index in [1.54, 1.807) is 37.3 Å².